The summed E-state index contributed by atoms with van der Waals surface area (Å²) in [6.07, 6.45) is 0.105. The van der Waals surface area contributed by atoms with Gasteiger partial charge in [0.15, 0.2) is 0 Å². The van der Waals surface area contributed by atoms with E-state index in [1.165, 1.54) is 0 Å². The van der Waals surface area contributed by atoms with Crippen molar-refractivity contribution < 1.29 is 14.3 Å². The third kappa shape index (κ3) is 7.02. The predicted molar refractivity (Wildman–Crippen MR) is 85.2 cm³/mol. The molecule has 0 radical (unpaired) electrons. The molecule has 1 atom stereocenters. The lowest BCUT2D eigenvalue weighted by atomic mass is 10.1. The van der Waals surface area contributed by atoms with Crippen LogP contribution < -0.4 is 5.32 Å². The van der Waals surface area contributed by atoms with Crippen molar-refractivity contribution in [1.29, 1.82) is 0 Å². The Bertz CT molecular complexity index is 486. The smallest absolute Gasteiger partial charge is 0.407 e. The zero-order chi connectivity index (χ0) is 16.0. The minimum absolute atomic E-state index is 0.206. The maximum atomic E-state index is 11.8. The second kappa shape index (κ2) is 7.87. The van der Waals surface area contributed by atoms with Gasteiger partial charge in [0, 0.05) is 7.11 Å². The Hall–Kier alpha value is -0.970. The third-order valence-corrected chi connectivity index (χ3v) is 3.29. The Morgan fingerprint density at radius 2 is 1.95 bits per heavy atom. The molecule has 0 fully saturated rings. The van der Waals surface area contributed by atoms with Gasteiger partial charge in [0.1, 0.15) is 5.60 Å². The number of hydrogen-bond acceptors (Lipinski definition) is 3. The van der Waals surface area contributed by atoms with Gasteiger partial charge in [0.05, 0.1) is 22.7 Å². The van der Waals surface area contributed by atoms with Crippen LogP contribution in [-0.4, -0.2) is 31.5 Å². The number of hydrogen-bond donors (Lipinski definition) is 1. The highest BCUT2D eigenvalue weighted by Crippen LogP contribution is 2.23. The van der Waals surface area contributed by atoms with Gasteiger partial charge >= 0.3 is 6.09 Å². The summed E-state index contributed by atoms with van der Waals surface area (Å²) in [7, 11) is 1.58. The Kier molecular flexibility index (Phi) is 6.78. The largest absolute Gasteiger partial charge is 0.444 e. The van der Waals surface area contributed by atoms with Crippen LogP contribution in [0.4, 0.5) is 4.79 Å². The normalized spacial score (nSPS) is 12.9. The molecule has 0 aromatic heterocycles. The molecule has 21 heavy (non-hydrogen) atoms. The summed E-state index contributed by atoms with van der Waals surface area (Å²) < 4.78 is 10.4. The van der Waals surface area contributed by atoms with E-state index in [2.05, 4.69) is 5.32 Å². The first-order valence-electron chi connectivity index (χ1n) is 6.63. The average molecular weight is 334 g/mol. The molecule has 118 valence electrons. The lowest BCUT2D eigenvalue weighted by Crippen LogP contribution is -2.42. The number of carbonyl (C=O) groups excluding carboxylic acids is 1. The lowest BCUT2D eigenvalue weighted by Gasteiger charge is -2.23. The van der Waals surface area contributed by atoms with Crippen LogP contribution in [-0.2, 0) is 15.9 Å². The first-order valence-corrected chi connectivity index (χ1v) is 7.39. The van der Waals surface area contributed by atoms with E-state index in [0.717, 1.165) is 5.56 Å². The number of benzene rings is 1. The fourth-order valence-electron chi connectivity index (χ4n) is 1.78. The molecule has 0 spiro atoms. The van der Waals surface area contributed by atoms with Crippen molar-refractivity contribution in [3.8, 4) is 0 Å². The number of nitrogens with one attached hydrogen (secondary N) is 1. The standard InChI is InChI=1S/C15H21Cl2NO3/c1-15(2,3)21-14(19)18-11(9-20-4)7-10-5-6-12(16)13(17)8-10/h5-6,8,11H,7,9H2,1-4H3,(H,18,19). The fourth-order valence-corrected chi connectivity index (χ4v) is 2.10. The third-order valence-electron chi connectivity index (χ3n) is 2.55. The van der Waals surface area contributed by atoms with Crippen LogP contribution in [0.25, 0.3) is 0 Å². The molecule has 0 heterocycles. The molecule has 1 unspecified atom stereocenters. The van der Waals surface area contributed by atoms with E-state index in [4.69, 9.17) is 32.7 Å². The molecule has 1 aromatic rings. The molecule has 1 rings (SSSR count). The van der Waals surface area contributed by atoms with Crippen molar-refractivity contribution in [3.63, 3.8) is 0 Å². The molecule has 1 N–H and O–H groups in total. The Morgan fingerprint density at radius 1 is 1.29 bits per heavy atom. The van der Waals surface area contributed by atoms with Crippen molar-refractivity contribution in [1.82, 2.24) is 5.32 Å². The van der Waals surface area contributed by atoms with E-state index in [0.29, 0.717) is 23.1 Å². The van der Waals surface area contributed by atoms with Crippen LogP contribution >= 0.6 is 23.2 Å². The summed E-state index contributed by atoms with van der Waals surface area (Å²) in [5.74, 6) is 0. The van der Waals surface area contributed by atoms with Crippen molar-refractivity contribution >= 4 is 29.3 Å². The minimum atomic E-state index is -0.536. The molecule has 0 aliphatic rings. The fraction of sp³-hybridized carbons (Fsp3) is 0.533. The van der Waals surface area contributed by atoms with Gasteiger partial charge in [0.2, 0.25) is 0 Å². The van der Waals surface area contributed by atoms with Crippen molar-refractivity contribution in [2.45, 2.75) is 38.8 Å². The van der Waals surface area contributed by atoms with Crippen molar-refractivity contribution in [3.05, 3.63) is 33.8 Å². The highest BCUT2D eigenvalue weighted by Gasteiger charge is 2.20. The molecule has 0 saturated heterocycles. The maximum Gasteiger partial charge on any atom is 0.407 e. The van der Waals surface area contributed by atoms with Crippen LogP contribution in [0.3, 0.4) is 0 Å². The van der Waals surface area contributed by atoms with Gasteiger partial charge < -0.3 is 14.8 Å². The minimum Gasteiger partial charge on any atom is -0.444 e. The number of halogens is 2. The first-order chi connectivity index (χ1) is 9.71. The average Bonchev–Trinajstić information content (AvgIpc) is 2.31. The molecule has 6 heteroatoms. The van der Waals surface area contributed by atoms with Gasteiger partial charge in [-0.15, -0.1) is 0 Å². The second-order valence-electron chi connectivity index (χ2n) is 5.75. The van der Waals surface area contributed by atoms with Crippen LogP contribution in [0.1, 0.15) is 26.3 Å². The molecule has 0 bridgehead atoms. The Balaban J connectivity index is 2.68. The summed E-state index contributed by atoms with van der Waals surface area (Å²) >= 11 is 11.9. The summed E-state index contributed by atoms with van der Waals surface area (Å²) in [6.45, 7) is 5.82. The number of rotatable bonds is 5. The summed E-state index contributed by atoms with van der Waals surface area (Å²) in [5, 5.41) is 3.79. The highest BCUT2D eigenvalue weighted by atomic mass is 35.5. The maximum absolute atomic E-state index is 11.8. The quantitative estimate of drug-likeness (QED) is 0.883. The number of alkyl carbamates (subject to hydrolysis) is 1. The number of carbonyl (C=O) groups is 1. The van der Waals surface area contributed by atoms with E-state index in [1.807, 2.05) is 26.8 Å². The molecule has 0 saturated carbocycles. The molecule has 0 aliphatic carbocycles. The van der Waals surface area contributed by atoms with E-state index < -0.39 is 11.7 Å². The van der Waals surface area contributed by atoms with Crippen LogP contribution in [0.2, 0.25) is 10.0 Å². The highest BCUT2D eigenvalue weighted by molar-refractivity contribution is 6.42. The zero-order valence-corrected chi connectivity index (χ0v) is 14.2. The number of ether oxygens (including phenoxy) is 2. The van der Waals surface area contributed by atoms with Gasteiger partial charge in [-0.25, -0.2) is 4.79 Å². The van der Waals surface area contributed by atoms with E-state index >= 15 is 0 Å². The molecule has 4 nitrogen and oxygen atoms in total. The van der Waals surface area contributed by atoms with E-state index in [1.54, 1.807) is 19.2 Å². The lowest BCUT2D eigenvalue weighted by molar-refractivity contribution is 0.0469. The van der Waals surface area contributed by atoms with Crippen LogP contribution in [0.15, 0.2) is 18.2 Å². The van der Waals surface area contributed by atoms with E-state index in [9.17, 15) is 4.79 Å². The van der Waals surface area contributed by atoms with Crippen LogP contribution in [0, 0.1) is 0 Å². The molecular weight excluding hydrogens is 313 g/mol. The zero-order valence-electron chi connectivity index (χ0n) is 12.7. The van der Waals surface area contributed by atoms with Gasteiger partial charge in [-0.3, -0.25) is 0 Å². The van der Waals surface area contributed by atoms with Gasteiger partial charge in [0.25, 0.3) is 0 Å². The van der Waals surface area contributed by atoms with Crippen LogP contribution in [0.5, 0.6) is 0 Å². The summed E-state index contributed by atoms with van der Waals surface area (Å²) in [4.78, 5) is 11.8. The van der Waals surface area contributed by atoms with Crippen molar-refractivity contribution in [2.75, 3.05) is 13.7 Å². The summed E-state index contributed by atoms with van der Waals surface area (Å²) in [6, 6.07) is 5.18. The topological polar surface area (TPSA) is 47.6 Å². The Morgan fingerprint density at radius 3 is 2.48 bits per heavy atom. The molecular formula is C15H21Cl2NO3. The first kappa shape index (κ1) is 18.1. The number of amides is 1. The molecule has 1 aromatic carbocycles. The monoisotopic (exact) mass is 333 g/mol. The van der Waals surface area contributed by atoms with Crippen molar-refractivity contribution in [2.24, 2.45) is 0 Å². The SMILES string of the molecule is COCC(Cc1ccc(Cl)c(Cl)c1)NC(=O)OC(C)(C)C. The number of methoxy groups -OCH3 is 1. The predicted octanol–water partition coefficient (Wildman–Crippen LogP) is 4.08. The molecule has 1 amide bonds. The van der Waals surface area contributed by atoms with Gasteiger partial charge in [-0.05, 0) is 44.9 Å². The Labute approximate surface area is 135 Å². The summed E-state index contributed by atoms with van der Waals surface area (Å²) in [5.41, 5.74) is 0.424. The van der Waals surface area contributed by atoms with Gasteiger partial charge in [-0.2, -0.15) is 0 Å². The second-order valence-corrected chi connectivity index (χ2v) is 6.57. The van der Waals surface area contributed by atoms with Gasteiger partial charge in [-0.1, -0.05) is 29.3 Å². The molecule has 0 aliphatic heterocycles. The van der Waals surface area contributed by atoms with E-state index in [-0.39, 0.29) is 6.04 Å².